The summed E-state index contributed by atoms with van der Waals surface area (Å²) < 4.78 is 10.4. The Morgan fingerprint density at radius 1 is 0.848 bits per heavy atom. The van der Waals surface area contributed by atoms with Crippen LogP contribution < -0.4 is 14.8 Å². The number of aromatic hydroxyl groups is 1. The highest BCUT2D eigenvalue weighted by atomic mass is 16.5. The first-order valence-corrected chi connectivity index (χ1v) is 10.7. The van der Waals surface area contributed by atoms with E-state index in [1.165, 1.54) is 0 Å². The minimum absolute atomic E-state index is 0.203. The van der Waals surface area contributed by atoms with Crippen molar-refractivity contribution < 1.29 is 19.4 Å². The molecule has 0 spiro atoms. The molecular formula is C27H26N2O4. The summed E-state index contributed by atoms with van der Waals surface area (Å²) >= 11 is 0. The number of amidine groups is 1. The van der Waals surface area contributed by atoms with Crippen LogP contribution in [0.5, 0.6) is 17.2 Å². The van der Waals surface area contributed by atoms with E-state index >= 15 is 0 Å². The fourth-order valence-electron chi connectivity index (χ4n) is 3.73. The topological polar surface area (TPSA) is 80.2 Å². The molecule has 0 fully saturated rings. The maximum absolute atomic E-state index is 12.7. The number of aliphatic imine (C=N–C) groups is 1. The Hall–Kier alpha value is -4.06. The van der Waals surface area contributed by atoms with Crippen LogP contribution in [0, 0.1) is 0 Å². The van der Waals surface area contributed by atoms with E-state index in [9.17, 15) is 9.90 Å². The molecule has 168 valence electrons. The minimum atomic E-state index is -0.203. The molecule has 2 N–H and O–H groups in total. The number of carbonyl (C=O) groups is 1. The Balaban J connectivity index is 1.53. The van der Waals surface area contributed by atoms with Gasteiger partial charge < -0.3 is 19.9 Å². The van der Waals surface area contributed by atoms with Crippen LogP contribution in [0.4, 0.5) is 0 Å². The fraction of sp³-hybridized carbons (Fsp3) is 0.185. The molecular weight excluding hydrogens is 416 g/mol. The maximum Gasteiger partial charge on any atom is 0.256 e. The first-order chi connectivity index (χ1) is 16.0. The molecule has 6 heteroatoms. The van der Waals surface area contributed by atoms with Crippen LogP contribution in [0.2, 0.25) is 0 Å². The number of carbonyl (C=O) groups excluding carboxylic acids is 1. The highest BCUT2D eigenvalue weighted by molar-refractivity contribution is 6.08. The summed E-state index contributed by atoms with van der Waals surface area (Å²) in [5.74, 6) is 2.17. The van der Waals surface area contributed by atoms with Crippen molar-refractivity contribution in [2.75, 3.05) is 14.2 Å². The number of phenolic OH excluding ortho intramolecular Hbond substituents is 1. The van der Waals surface area contributed by atoms with Gasteiger partial charge in [-0.05, 0) is 71.7 Å². The highest BCUT2D eigenvalue weighted by Crippen LogP contribution is 2.27. The Bertz CT molecular complexity index is 1180. The van der Waals surface area contributed by atoms with Gasteiger partial charge in [0.25, 0.3) is 5.91 Å². The lowest BCUT2D eigenvalue weighted by atomic mass is 9.99. The van der Waals surface area contributed by atoms with Crippen molar-refractivity contribution in [2.24, 2.45) is 4.99 Å². The van der Waals surface area contributed by atoms with Crippen molar-refractivity contribution in [3.8, 4) is 17.2 Å². The van der Waals surface area contributed by atoms with Gasteiger partial charge in [0.15, 0.2) is 0 Å². The average Bonchev–Trinajstić information content (AvgIpc) is 3.21. The van der Waals surface area contributed by atoms with Gasteiger partial charge in [-0.2, -0.15) is 0 Å². The summed E-state index contributed by atoms with van der Waals surface area (Å²) in [6.07, 6.45) is 1.91. The predicted octanol–water partition coefficient (Wildman–Crippen LogP) is 4.68. The first kappa shape index (κ1) is 22.1. The van der Waals surface area contributed by atoms with Crippen LogP contribution >= 0.6 is 0 Å². The van der Waals surface area contributed by atoms with Gasteiger partial charge >= 0.3 is 0 Å². The molecule has 33 heavy (non-hydrogen) atoms. The monoisotopic (exact) mass is 442 g/mol. The molecule has 0 aromatic heterocycles. The van der Waals surface area contributed by atoms with E-state index in [0.29, 0.717) is 36.4 Å². The number of hydrogen-bond donors (Lipinski definition) is 2. The normalized spacial score (nSPS) is 13.0. The van der Waals surface area contributed by atoms with Crippen molar-refractivity contribution in [2.45, 2.75) is 19.3 Å². The van der Waals surface area contributed by atoms with Crippen molar-refractivity contribution in [3.63, 3.8) is 0 Å². The van der Waals surface area contributed by atoms with Crippen LogP contribution in [0.1, 0.15) is 27.9 Å². The van der Waals surface area contributed by atoms with Crippen molar-refractivity contribution in [1.29, 1.82) is 0 Å². The fourth-order valence-corrected chi connectivity index (χ4v) is 3.73. The molecule has 1 aliphatic rings. The van der Waals surface area contributed by atoms with Gasteiger partial charge in [0.2, 0.25) is 0 Å². The van der Waals surface area contributed by atoms with Crippen LogP contribution in [0.15, 0.2) is 89.1 Å². The second-order valence-corrected chi connectivity index (χ2v) is 7.84. The SMILES string of the molecule is COc1ccc(CC2=C(Cc3ccc(O)cc3)CC(NC(=O)c3ccc(OC)cc3)=N2)cc1. The third kappa shape index (κ3) is 5.60. The molecule has 6 nitrogen and oxygen atoms in total. The third-order valence-corrected chi connectivity index (χ3v) is 5.55. The Morgan fingerprint density at radius 3 is 2.00 bits per heavy atom. The van der Waals surface area contributed by atoms with Gasteiger partial charge in [-0.15, -0.1) is 0 Å². The molecule has 0 radical (unpaired) electrons. The molecule has 4 rings (SSSR count). The van der Waals surface area contributed by atoms with E-state index in [1.54, 1.807) is 50.6 Å². The number of ether oxygens (including phenoxy) is 2. The van der Waals surface area contributed by atoms with Crippen LogP contribution in [0.25, 0.3) is 0 Å². The van der Waals surface area contributed by atoms with E-state index in [-0.39, 0.29) is 11.7 Å². The summed E-state index contributed by atoms with van der Waals surface area (Å²) in [5, 5.41) is 12.5. The van der Waals surface area contributed by atoms with Gasteiger partial charge in [-0.1, -0.05) is 24.3 Å². The van der Waals surface area contributed by atoms with Crippen molar-refractivity contribution >= 4 is 11.7 Å². The first-order valence-electron chi connectivity index (χ1n) is 10.7. The minimum Gasteiger partial charge on any atom is -0.508 e. The Kier molecular flexibility index (Phi) is 6.74. The van der Waals surface area contributed by atoms with Gasteiger partial charge in [0.05, 0.1) is 14.2 Å². The quantitative estimate of drug-likeness (QED) is 0.557. The smallest absolute Gasteiger partial charge is 0.256 e. The molecule has 0 bridgehead atoms. The molecule has 1 heterocycles. The number of methoxy groups -OCH3 is 2. The summed E-state index contributed by atoms with van der Waals surface area (Å²) in [7, 11) is 3.24. The number of amides is 1. The second kappa shape index (κ2) is 10.0. The molecule has 0 atom stereocenters. The lowest BCUT2D eigenvalue weighted by Gasteiger charge is -2.08. The summed E-state index contributed by atoms with van der Waals surface area (Å²) in [4.78, 5) is 17.5. The van der Waals surface area contributed by atoms with E-state index in [4.69, 9.17) is 14.5 Å². The lowest BCUT2D eigenvalue weighted by Crippen LogP contribution is -2.29. The van der Waals surface area contributed by atoms with E-state index in [1.807, 2.05) is 36.4 Å². The van der Waals surface area contributed by atoms with Crippen molar-refractivity contribution in [3.05, 3.63) is 101 Å². The molecule has 1 aliphatic heterocycles. The number of nitrogens with one attached hydrogen (secondary N) is 1. The molecule has 0 aliphatic carbocycles. The summed E-state index contributed by atoms with van der Waals surface area (Å²) in [6, 6.07) is 22.1. The lowest BCUT2D eigenvalue weighted by molar-refractivity contribution is 0.0976. The third-order valence-electron chi connectivity index (χ3n) is 5.55. The average molecular weight is 443 g/mol. The number of allylic oxidation sites excluding steroid dienone is 1. The number of benzene rings is 3. The molecule has 0 saturated carbocycles. The van der Waals surface area contributed by atoms with Gasteiger partial charge in [0, 0.05) is 24.1 Å². The van der Waals surface area contributed by atoms with Gasteiger partial charge in [-0.25, -0.2) is 4.99 Å². The van der Waals surface area contributed by atoms with E-state index in [0.717, 1.165) is 28.1 Å². The molecule has 1 amide bonds. The van der Waals surface area contributed by atoms with Gasteiger partial charge in [0.1, 0.15) is 23.1 Å². The number of hydrogen-bond acceptors (Lipinski definition) is 5. The summed E-state index contributed by atoms with van der Waals surface area (Å²) in [5.41, 5.74) is 4.82. The van der Waals surface area contributed by atoms with Crippen LogP contribution in [-0.4, -0.2) is 31.1 Å². The van der Waals surface area contributed by atoms with E-state index in [2.05, 4.69) is 5.32 Å². The maximum atomic E-state index is 12.7. The zero-order valence-electron chi connectivity index (χ0n) is 18.7. The standard InChI is InChI=1S/C27H26N2O4/c1-32-23-11-5-19(6-12-23)16-25-21(15-18-3-9-22(30)10-4-18)17-26(28-25)29-27(31)20-7-13-24(33-2)14-8-20/h3-14,30H,15-17H2,1-2H3,(H,28,29,31). The summed E-state index contributed by atoms with van der Waals surface area (Å²) in [6.45, 7) is 0. The molecule has 0 saturated heterocycles. The predicted molar refractivity (Wildman–Crippen MR) is 128 cm³/mol. The van der Waals surface area contributed by atoms with Crippen molar-refractivity contribution in [1.82, 2.24) is 5.32 Å². The second-order valence-electron chi connectivity index (χ2n) is 7.84. The van der Waals surface area contributed by atoms with Gasteiger partial charge in [-0.3, -0.25) is 4.79 Å². The Morgan fingerprint density at radius 2 is 1.39 bits per heavy atom. The number of nitrogens with zero attached hydrogens (tertiary/aromatic N) is 1. The van der Waals surface area contributed by atoms with Crippen LogP contribution in [-0.2, 0) is 12.8 Å². The molecule has 3 aromatic rings. The largest absolute Gasteiger partial charge is 0.508 e. The van der Waals surface area contributed by atoms with E-state index < -0.39 is 0 Å². The molecule has 0 unspecified atom stereocenters. The number of rotatable bonds is 7. The Labute approximate surface area is 193 Å². The molecule has 3 aromatic carbocycles. The zero-order valence-corrected chi connectivity index (χ0v) is 18.7. The van der Waals surface area contributed by atoms with Crippen LogP contribution in [0.3, 0.4) is 0 Å². The zero-order chi connectivity index (χ0) is 23.2. The number of phenols is 1. The highest BCUT2D eigenvalue weighted by Gasteiger charge is 2.21.